The highest BCUT2D eigenvalue weighted by atomic mass is 35.5. The van der Waals surface area contributed by atoms with Gasteiger partial charge in [-0.15, -0.1) is 0 Å². The van der Waals surface area contributed by atoms with Gasteiger partial charge in [0.1, 0.15) is 5.75 Å². The fourth-order valence-corrected chi connectivity index (χ4v) is 3.63. The largest absolute Gasteiger partial charge is 0.484 e. The van der Waals surface area contributed by atoms with Crippen LogP contribution in [0, 0.1) is 5.92 Å². The molecule has 0 radical (unpaired) electrons. The van der Waals surface area contributed by atoms with Gasteiger partial charge in [0.15, 0.2) is 6.61 Å². The molecule has 1 aliphatic rings. The molecule has 32 heavy (non-hydrogen) atoms. The molecule has 1 aliphatic carbocycles. The highest BCUT2D eigenvalue weighted by molar-refractivity contribution is 6.42. The molecule has 1 aromatic heterocycles. The first-order chi connectivity index (χ1) is 15.3. The number of hydrogen-bond acceptors (Lipinski definition) is 5. The Morgan fingerprint density at radius 3 is 2.47 bits per heavy atom. The maximum Gasteiger partial charge on any atom is 0.388 e. The second-order valence-corrected chi connectivity index (χ2v) is 8.05. The number of aromatic nitrogens is 1. The minimum absolute atomic E-state index is 0.0450. The number of alkyl halides is 2. The fraction of sp³-hybridized carbons (Fsp3) is 0.381. The number of rotatable bonds is 8. The van der Waals surface area contributed by atoms with E-state index in [1.807, 2.05) is 0 Å². The van der Waals surface area contributed by atoms with E-state index in [9.17, 15) is 18.4 Å². The Balaban J connectivity index is 1.38. The standard InChI is InChI=1S/C21H21Cl2F2N3O4/c22-16-7-6-15(9-17(16)23)31-11-18(29)27-13-3-1-12(2-4-13)20(30)28-14-5-8-19(26-10-14)32-21(24)25/h5-10,12-13,21H,1-4,11H2,(H,27,29)(H,28,30)/t12-,13-. The summed E-state index contributed by atoms with van der Waals surface area (Å²) in [5.74, 6) is -0.439. The SMILES string of the molecule is O=C(COc1ccc(Cl)c(Cl)c1)N[C@H]1CC[C@H](C(=O)Nc2ccc(OC(F)F)nc2)CC1. The van der Waals surface area contributed by atoms with Crippen LogP contribution in [0.1, 0.15) is 25.7 Å². The summed E-state index contributed by atoms with van der Waals surface area (Å²) in [6.07, 6.45) is 3.76. The summed E-state index contributed by atoms with van der Waals surface area (Å²) in [4.78, 5) is 28.3. The molecular formula is C21H21Cl2F2N3O4. The molecule has 3 rings (SSSR count). The average Bonchev–Trinajstić information content (AvgIpc) is 2.76. The number of ether oxygens (including phenoxy) is 2. The van der Waals surface area contributed by atoms with E-state index >= 15 is 0 Å². The van der Waals surface area contributed by atoms with Crippen molar-refractivity contribution >= 4 is 40.7 Å². The van der Waals surface area contributed by atoms with E-state index in [-0.39, 0.29) is 36.3 Å². The van der Waals surface area contributed by atoms with E-state index < -0.39 is 6.61 Å². The van der Waals surface area contributed by atoms with Gasteiger partial charge in [0, 0.05) is 24.1 Å². The fourth-order valence-electron chi connectivity index (χ4n) is 3.34. The van der Waals surface area contributed by atoms with Gasteiger partial charge < -0.3 is 20.1 Å². The first-order valence-electron chi connectivity index (χ1n) is 9.89. The highest BCUT2D eigenvalue weighted by Gasteiger charge is 2.27. The first kappa shape index (κ1) is 24.0. The zero-order valence-electron chi connectivity index (χ0n) is 16.8. The van der Waals surface area contributed by atoms with Crippen molar-refractivity contribution in [1.29, 1.82) is 0 Å². The van der Waals surface area contributed by atoms with Gasteiger partial charge in [0.25, 0.3) is 5.91 Å². The number of carbonyl (C=O) groups excluding carboxylic acids is 2. The Bertz CT molecular complexity index is 939. The average molecular weight is 488 g/mol. The number of amides is 2. The predicted molar refractivity (Wildman–Crippen MR) is 115 cm³/mol. The van der Waals surface area contributed by atoms with Crippen molar-refractivity contribution in [2.24, 2.45) is 5.92 Å². The second-order valence-electron chi connectivity index (χ2n) is 7.23. The van der Waals surface area contributed by atoms with Crippen LogP contribution < -0.4 is 20.1 Å². The minimum Gasteiger partial charge on any atom is -0.484 e. The van der Waals surface area contributed by atoms with E-state index in [2.05, 4.69) is 20.4 Å². The lowest BCUT2D eigenvalue weighted by Crippen LogP contribution is -2.41. The van der Waals surface area contributed by atoms with E-state index in [4.69, 9.17) is 27.9 Å². The molecule has 11 heteroatoms. The van der Waals surface area contributed by atoms with Crippen LogP contribution in [-0.2, 0) is 9.59 Å². The Labute approximate surface area is 193 Å². The van der Waals surface area contributed by atoms with E-state index in [0.717, 1.165) is 0 Å². The van der Waals surface area contributed by atoms with Gasteiger partial charge in [-0.3, -0.25) is 9.59 Å². The Morgan fingerprint density at radius 1 is 1.09 bits per heavy atom. The molecule has 2 amide bonds. The van der Waals surface area contributed by atoms with Crippen LogP contribution in [0.3, 0.4) is 0 Å². The number of pyridine rings is 1. The van der Waals surface area contributed by atoms with E-state index in [0.29, 0.717) is 47.2 Å². The van der Waals surface area contributed by atoms with Crippen LogP contribution in [0.5, 0.6) is 11.6 Å². The van der Waals surface area contributed by atoms with Crippen LogP contribution in [0.2, 0.25) is 10.0 Å². The summed E-state index contributed by atoms with van der Waals surface area (Å²) in [5, 5.41) is 6.37. The van der Waals surface area contributed by atoms with Gasteiger partial charge in [-0.25, -0.2) is 4.98 Å². The topological polar surface area (TPSA) is 89.5 Å². The van der Waals surface area contributed by atoms with Crippen LogP contribution in [-0.4, -0.2) is 36.1 Å². The zero-order chi connectivity index (χ0) is 23.1. The molecular weight excluding hydrogens is 467 g/mol. The number of nitrogens with zero attached hydrogens (tertiary/aromatic N) is 1. The maximum absolute atomic E-state index is 12.5. The molecule has 1 fully saturated rings. The van der Waals surface area contributed by atoms with Crippen molar-refractivity contribution in [3.05, 3.63) is 46.6 Å². The van der Waals surface area contributed by atoms with Gasteiger partial charge in [-0.2, -0.15) is 8.78 Å². The molecule has 172 valence electrons. The van der Waals surface area contributed by atoms with Gasteiger partial charge in [0.05, 0.1) is 21.9 Å². The molecule has 0 saturated heterocycles. The molecule has 0 atom stereocenters. The smallest absolute Gasteiger partial charge is 0.388 e. The van der Waals surface area contributed by atoms with Gasteiger partial charge in [-0.05, 0) is 43.9 Å². The number of anilines is 1. The van der Waals surface area contributed by atoms with Crippen molar-refractivity contribution in [2.75, 3.05) is 11.9 Å². The van der Waals surface area contributed by atoms with Gasteiger partial charge >= 0.3 is 6.61 Å². The quantitative estimate of drug-likeness (QED) is 0.563. The van der Waals surface area contributed by atoms with Crippen LogP contribution in [0.4, 0.5) is 14.5 Å². The van der Waals surface area contributed by atoms with Crippen molar-refractivity contribution in [1.82, 2.24) is 10.3 Å². The predicted octanol–water partition coefficient (Wildman–Crippen LogP) is 4.68. The molecule has 7 nitrogen and oxygen atoms in total. The summed E-state index contributed by atoms with van der Waals surface area (Å²) < 4.78 is 33.9. The number of nitrogens with one attached hydrogen (secondary N) is 2. The third kappa shape index (κ3) is 7.20. The normalized spacial score (nSPS) is 18.2. The summed E-state index contributed by atoms with van der Waals surface area (Å²) >= 11 is 11.8. The van der Waals surface area contributed by atoms with Crippen molar-refractivity contribution < 1.29 is 27.8 Å². The lowest BCUT2D eigenvalue weighted by atomic mass is 9.85. The summed E-state index contributed by atoms with van der Waals surface area (Å²) in [5.41, 5.74) is 0.395. The molecule has 1 heterocycles. The molecule has 0 unspecified atom stereocenters. The number of hydrogen-bond donors (Lipinski definition) is 2. The third-order valence-electron chi connectivity index (χ3n) is 4.94. The monoisotopic (exact) mass is 487 g/mol. The Morgan fingerprint density at radius 2 is 1.84 bits per heavy atom. The zero-order valence-corrected chi connectivity index (χ0v) is 18.3. The van der Waals surface area contributed by atoms with Crippen LogP contribution >= 0.6 is 23.2 Å². The summed E-state index contributed by atoms with van der Waals surface area (Å²) in [6, 6.07) is 7.41. The maximum atomic E-state index is 12.5. The number of halogens is 4. The summed E-state index contributed by atoms with van der Waals surface area (Å²) in [7, 11) is 0. The second kappa shape index (κ2) is 11.3. The summed E-state index contributed by atoms with van der Waals surface area (Å²) in [6.45, 7) is -3.11. The Hall–Kier alpha value is -2.65. The highest BCUT2D eigenvalue weighted by Crippen LogP contribution is 2.27. The Kier molecular flexibility index (Phi) is 8.46. The van der Waals surface area contributed by atoms with Crippen molar-refractivity contribution in [2.45, 2.75) is 38.3 Å². The van der Waals surface area contributed by atoms with E-state index in [1.165, 1.54) is 24.4 Å². The van der Waals surface area contributed by atoms with Gasteiger partial charge in [-0.1, -0.05) is 23.2 Å². The number of carbonyl (C=O) groups is 2. The molecule has 2 aromatic rings. The molecule has 0 spiro atoms. The van der Waals surface area contributed by atoms with Gasteiger partial charge in [0.2, 0.25) is 11.8 Å². The third-order valence-corrected chi connectivity index (χ3v) is 5.68. The molecule has 1 aromatic carbocycles. The molecule has 1 saturated carbocycles. The molecule has 2 N–H and O–H groups in total. The van der Waals surface area contributed by atoms with Crippen LogP contribution in [0.25, 0.3) is 0 Å². The molecule has 0 bridgehead atoms. The lowest BCUT2D eigenvalue weighted by Gasteiger charge is -2.28. The lowest BCUT2D eigenvalue weighted by molar-refractivity contribution is -0.124. The minimum atomic E-state index is -2.96. The first-order valence-corrected chi connectivity index (χ1v) is 10.6. The van der Waals surface area contributed by atoms with Crippen molar-refractivity contribution in [3.8, 4) is 11.6 Å². The number of benzene rings is 1. The van der Waals surface area contributed by atoms with E-state index in [1.54, 1.807) is 12.1 Å². The van der Waals surface area contributed by atoms with Crippen LogP contribution in [0.15, 0.2) is 36.5 Å². The molecule has 0 aliphatic heterocycles. The van der Waals surface area contributed by atoms with Crippen molar-refractivity contribution in [3.63, 3.8) is 0 Å².